The Kier molecular flexibility index (Phi) is 7.03. The fourth-order valence-electron chi connectivity index (χ4n) is 2.76. The van der Waals surface area contributed by atoms with Gasteiger partial charge in [0.1, 0.15) is 11.6 Å². The molecular weight excluding hydrogens is 392 g/mol. The number of hydrogen-bond donors (Lipinski definition) is 2. The number of ether oxygens (including phenoxy) is 1. The largest absolute Gasteiger partial charge is 0.497 e. The minimum atomic E-state index is -1.57. The number of methoxy groups -OCH3 is 1. The molecular formula is C21H19BFNO4S. The van der Waals surface area contributed by atoms with Crippen molar-refractivity contribution in [1.82, 2.24) is 4.98 Å². The highest BCUT2D eigenvalue weighted by molar-refractivity contribution is 7.98. The molecule has 29 heavy (non-hydrogen) atoms. The summed E-state index contributed by atoms with van der Waals surface area (Å²) in [6.07, 6.45) is 1.69. The number of carbonyl (C=O) groups excluding carboxylic acids is 1. The van der Waals surface area contributed by atoms with Gasteiger partial charge in [-0.15, -0.1) is 11.8 Å². The van der Waals surface area contributed by atoms with Crippen molar-refractivity contribution in [2.24, 2.45) is 0 Å². The van der Waals surface area contributed by atoms with Gasteiger partial charge >= 0.3 is 7.12 Å². The third-order valence-corrected chi connectivity index (χ3v) is 5.33. The highest BCUT2D eigenvalue weighted by atomic mass is 32.2. The lowest BCUT2D eigenvalue weighted by atomic mass is 9.77. The van der Waals surface area contributed by atoms with Crippen molar-refractivity contribution < 1.29 is 24.0 Å². The van der Waals surface area contributed by atoms with Gasteiger partial charge < -0.3 is 14.8 Å². The summed E-state index contributed by atoms with van der Waals surface area (Å²) in [5.74, 6) is 0.649. The molecule has 148 valence electrons. The Morgan fingerprint density at radius 2 is 1.90 bits per heavy atom. The van der Waals surface area contributed by atoms with Crippen LogP contribution in [0.3, 0.4) is 0 Å². The molecule has 0 radical (unpaired) electrons. The van der Waals surface area contributed by atoms with Crippen LogP contribution in [0.5, 0.6) is 5.75 Å². The number of aromatic nitrogens is 1. The second kappa shape index (κ2) is 9.69. The molecule has 2 N–H and O–H groups in total. The van der Waals surface area contributed by atoms with Crippen LogP contribution in [0.2, 0.25) is 0 Å². The topological polar surface area (TPSA) is 79.6 Å². The fraction of sp³-hybridized carbons (Fsp3) is 0.143. The molecule has 0 aliphatic rings. The molecule has 0 atom stereocenters. The number of pyridine rings is 1. The summed E-state index contributed by atoms with van der Waals surface area (Å²) in [6.45, 7) is 0. The predicted molar refractivity (Wildman–Crippen MR) is 111 cm³/mol. The third kappa shape index (κ3) is 5.66. The highest BCUT2D eigenvalue weighted by Gasteiger charge is 2.17. The van der Waals surface area contributed by atoms with Crippen molar-refractivity contribution in [2.45, 2.75) is 17.2 Å². The van der Waals surface area contributed by atoms with Crippen molar-refractivity contribution in [3.05, 3.63) is 83.3 Å². The van der Waals surface area contributed by atoms with Crippen LogP contribution in [0.4, 0.5) is 4.39 Å². The van der Waals surface area contributed by atoms with E-state index in [9.17, 15) is 19.2 Å². The third-order valence-electron chi connectivity index (χ3n) is 4.34. The molecule has 0 unspecified atom stereocenters. The van der Waals surface area contributed by atoms with Crippen molar-refractivity contribution in [2.75, 3.05) is 7.11 Å². The minimum Gasteiger partial charge on any atom is -0.497 e. The molecule has 8 heteroatoms. The zero-order valence-corrected chi connectivity index (χ0v) is 16.5. The number of nitrogens with zero attached hydrogens (tertiary/aromatic N) is 1. The quantitative estimate of drug-likeness (QED) is 0.337. The molecule has 0 saturated heterocycles. The molecule has 0 saturated carbocycles. The first-order valence-electron chi connectivity index (χ1n) is 8.85. The van der Waals surface area contributed by atoms with E-state index in [1.54, 1.807) is 49.6 Å². The van der Waals surface area contributed by atoms with E-state index in [4.69, 9.17) is 4.74 Å². The van der Waals surface area contributed by atoms with Gasteiger partial charge in [0.25, 0.3) is 0 Å². The van der Waals surface area contributed by atoms with Gasteiger partial charge in [-0.1, -0.05) is 18.2 Å². The van der Waals surface area contributed by atoms with Gasteiger partial charge in [-0.05, 0) is 53.0 Å². The number of Topliss-reactive ketones (excluding diaryl/α,β-unsaturated/α-hetero) is 1. The van der Waals surface area contributed by atoms with Crippen LogP contribution in [0.15, 0.2) is 65.8 Å². The monoisotopic (exact) mass is 411 g/mol. The molecule has 2 aromatic carbocycles. The predicted octanol–water partition coefficient (Wildman–Crippen LogP) is 2.63. The van der Waals surface area contributed by atoms with Crippen LogP contribution < -0.4 is 10.2 Å². The first-order chi connectivity index (χ1) is 14.0. The standard InChI is InChI=1S/C21H19BFNO4S/c1-28-18-7-8-19(22(26)27)16(11-18)13-29-21-9-4-15(12-24-21)20(25)10-14-2-5-17(23)6-3-14/h2-9,11-12,26-27H,10,13H2,1H3. The molecule has 5 nitrogen and oxygen atoms in total. The molecule has 0 fully saturated rings. The molecule has 1 heterocycles. The van der Waals surface area contributed by atoms with Gasteiger partial charge in [-0.25, -0.2) is 9.37 Å². The maximum absolute atomic E-state index is 13.0. The zero-order chi connectivity index (χ0) is 20.8. The molecule has 0 aliphatic heterocycles. The van der Waals surface area contributed by atoms with E-state index in [0.717, 1.165) is 11.1 Å². The number of hydrogen-bond acceptors (Lipinski definition) is 6. The second-order valence-corrected chi connectivity index (χ2v) is 7.33. The summed E-state index contributed by atoms with van der Waals surface area (Å²) in [5, 5.41) is 19.8. The number of carbonyl (C=O) groups is 1. The normalized spacial score (nSPS) is 10.6. The lowest BCUT2D eigenvalue weighted by molar-refractivity contribution is 0.0992. The highest BCUT2D eigenvalue weighted by Crippen LogP contribution is 2.23. The molecule has 0 bridgehead atoms. The number of rotatable bonds is 8. The van der Waals surface area contributed by atoms with Gasteiger partial charge in [0.15, 0.2) is 5.78 Å². The molecule has 1 aromatic heterocycles. The van der Waals surface area contributed by atoms with Gasteiger partial charge in [-0.2, -0.15) is 0 Å². The van der Waals surface area contributed by atoms with Crippen LogP contribution in [0, 0.1) is 5.82 Å². The summed E-state index contributed by atoms with van der Waals surface area (Å²) in [5.41, 5.74) is 2.35. The molecule has 0 amide bonds. The molecule has 0 spiro atoms. The Hall–Kier alpha value is -2.68. The van der Waals surface area contributed by atoms with Gasteiger partial charge in [0.2, 0.25) is 0 Å². The van der Waals surface area contributed by atoms with Crippen LogP contribution in [-0.4, -0.2) is 35.0 Å². The summed E-state index contributed by atoms with van der Waals surface area (Å²) in [4.78, 5) is 16.7. The van der Waals surface area contributed by atoms with Gasteiger partial charge in [-0.3, -0.25) is 4.79 Å². The summed E-state index contributed by atoms with van der Waals surface area (Å²) in [6, 6.07) is 14.3. The van der Waals surface area contributed by atoms with E-state index in [0.29, 0.717) is 27.6 Å². The van der Waals surface area contributed by atoms with E-state index >= 15 is 0 Å². The number of benzene rings is 2. The van der Waals surface area contributed by atoms with E-state index in [1.807, 2.05) is 0 Å². The van der Waals surface area contributed by atoms with E-state index in [1.165, 1.54) is 30.1 Å². The minimum absolute atomic E-state index is 0.0980. The average Bonchev–Trinajstić information content (AvgIpc) is 2.73. The SMILES string of the molecule is COc1ccc(B(O)O)c(CSc2ccc(C(=O)Cc3ccc(F)cc3)cn2)c1. The number of halogens is 1. The van der Waals surface area contributed by atoms with Gasteiger partial charge in [0, 0.05) is 23.9 Å². The van der Waals surface area contributed by atoms with Crippen LogP contribution in [-0.2, 0) is 12.2 Å². The van der Waals surface area contributed by atoms with Crippen molar-refractivity contribution >= 4 is 30.1 Å². The first-order valence-corrected chi connectivity index (χ1v) is 9.84. The van der Waals surface area contributed by atoms with Gasteiger partial charge in [0.05, 0.1) is 12.1 Å². The van der Waals surface area contributed by atoms with Crippen LogP contribution in [0.25, 0.3) is 0 Å². The Labute approximate surface area is 172 Å². The lowest BCUT2D eigenvalue weighted by Gasteiger charge is -2.11. The smallest absolute Gasteiger partial charge is 0.488 e. The first kappa shape index (κ1) is 21.0. The zero-order valence-electron chi connectivity index (χ0n) is 15.7. The number of ketones is 1. The molecule has 3 aromatic rings. The van der Waals surface area contributed by atoms with E-state index in [-0.39, 0.29) is 18.0 Å². The van der Waals surface area contributed by atoms with E-state index in [2.05, 4.69) is 4.98 Å². The Morgan fingerprint density at radius 3 is 2.52 bits per heavy atom. The van der Waals surface area contributed by atoms with Crippen molar-refractivity contribution in [3.63, 3.8) is 0 Å². The number of thioether (sulfide) groups is 1. The average molecular weight is 411 g/mol. The van der Waals surface area contributed by atoms with Crippen molar-refractivity contribution in [1.29, 1.82) is 0 Å². The second-order valence-electron chi connectivity index (χ2n) is 6.34. The summed E-state index contributed by atoms with van der Waals surface area (Å²) in [7, 11) is -0.0271. The maximum atomic E-state index is 13.0. The fourth-order valence-corrected chi connectivity index (χ4v) is 3.60. The summed E-state index contributed by atoms with van der Waals surface area (Å²) < 4.78 is 18.2. The summed E-state index contributed by atoms with van der Waals surface area (Å²) >= 11 is 1.41. The Bertz CT molecular complexity index is 981. The molecule has 3 rings (SSSR count). The lowest BCUT2D eigenvalue weighted by Crippen LogP contribution is -2.32. The van der Waals surface area contributed by atoms with Crippen LogP contribution in [0.1, 0.15) is 21.5 Å². The van der Waals surface area contributed by atoms with Crippen molar-refractivity contribution in [3.8, 4) is 5.75 Å². The molecule has 0 aliphatic carbocycles. The van der Waals surface area contributed by atoms with Crippen LogP contribution >= 0.6 is 11.8 Å². The maximum Gasteiger partial charge on any atom is 0.488 e. The Balaban J connectivity index is 1.65. The Morgan fingerprint density at radius 1 is 1.14 bits per heavy atom. The van der Waals surface area contributed by atoms with E-state index < -0.39 is 7.12 Å².